The lowest BCUT2D eigenvalue weighted by Gasteiger charge is -2.27. The van der Waals surface area contributed by atoms with E-state index >= 15 is 0 Å². The van der Waals surface area contributed by atoms with E-state index in [2.05, 4.69) is 10.3 Å². The van der Waals surface area contributed by atoms with Gasteiger partial charge in [-0.25, -0.2) is 9.78 Å². The Labute approximate surface area is 150 Å². The number of nitrogens with zero attached hydrogens (tertiary/aromatic N) is 1. The molecule has 1 fully saturated rings. The van der Waals surface area contributed by atoms with Gasteiger partial charge >= 0.3 is 5.97 Å². The Hall–Kier alpha value is -2.15. The second-order valence-electron chi connectivity index (χ2n) is 6.23. The smallest absolute Gasteiger partial charge is 0.331 e. The van der Waals surface area contributed by atoms with Gasteiger partial charge in [-0.3, -0.25) is 4.79 Å². The van der Waals surface area contributed by atoms with Crippen LogP contribution in [-0.4, -0.2) is 29.0 Å². The number of carbonyl (C=O) groups is 2. The molecule has 0 aromatic carbocycles. The summed E-state index contributed by atoms with van der Waals surface area (Å²) in [4.78, 5) is 30.2. The van der Waals surface area contributed by atoms with Gasteiger partial charge in [-0.05, 0) is 38.1 Å². The molecule has 0 unspecified atom stereocenters. The van der Waals surface area contributed by atoms with Gasteiger partial charge in [-0.1, -0.05) is 18.9 Å². The zero-order valence-electron chi connectivity index (χ0n) is 14.5. The number of esters is 1. The highest BCUT2D eigenvalue weighted by Crippen LogP contribution is 2.31. The van der Waals surface area contributed by atoms with E-state index < -0.39 is 5.54 Å². The Morgan fingerprint density at radius 2 is 2.16 bits per heavy atom. The molecular formula is C18H22N2O4S. The molecule has 0 saturated heterocycles. The van der Waals surface area contributed by atoms with E-state index in [9.17, 15) is 9.59 Å². The van der Waals surface area contributed by atoms with Crippen molar-refractivity contribution in [2.75, 3.05) is 6.61 Å². The number of hydrogen-bond donors (Lipinski definition) is 1. The maximum atomic E-state index is 12.5. The molecule has 25 heavy (non-hydrogen) atoms. The van der Waals surface area contributed by atoms with Gasteiger partial charge in [-0.15, -0.1) is 11.3 Å². The molecule has 0 spiro atoms. The van der Waals surface area contributed by atoms with Crippen LogP contribution in [0.4, 0.5) is 0 Å². The summed E-state index contributed by atoms with van der Waals surface area (Å²) in [6, 6.07) is 3.85. The van der Waals surface area contributed by atoms with Crippen LogP contribution in [0.3, 0.4) is 0 Å². The monoisotopic (exact) mass is 362 g/mol. The number of aromatic nitrogens is 1. The van der Waals surface area contributed by atoms with E-state index in [1.807, 2.05) is 17.5 Å². The molecule has 2 aromatic heterocycles. The van der Waals surface area contributed by atoms with Crippen molar-refractivity contribution in [1.29, 1.82) is 0 Å². The fraction of sp³-hybridized carbons (Fsp3) is 0.500. The summed E-state index contributed by atoms with van der Waals surface area (Å²) in [5, 5.41) is 4.85. The number of nitrogens with one attached hydrogen (secondary N) is 1. The van der Waals surface area contributed by atoms with E-state index in [1.54, 1.807) is 13.8 Å². The third-order valence-corrected chi connectivity index (χ3v) is 5.31. The minimum absolute atomic E-state index is 0.0852. The fourth-order valence-corrected chi connectivity index (χ4v) is 3.84. The van der Waals surface area contributed by atoms with Crippen molar-refractivity contribution in [3.63, 3.8) is 0 Å². The molecule has 1 aliphatic carbocycles. The van der Waals surface area contributed by atoms with Gasteiger partial charge in [0.25, 0.3) is 0 Å². The van der Waals surface area contributed by atoms with Crippen molar-refractivity contribution in [3.8, 4) is 10.8 Å². The molecule has 0 atom stereocenters. The predicted molar refractivity (Wildman–Crippen MR) is 94.2 cm³/mol. The van der Waals surface area contributed by atoms with Crippen LogP contribution in [0.15, 0.2) is 21.9 Å². The fourth-order valence-electron chi connectivity index (χ4n) is 3.19. The van der Waals surface area contributed by atoms with Crippen molar-refractivity contribution in [1.82, 2.24) is 10.3 Å². The van der Waals surface area contributed by atoms with E-state index in [1.165, 1.54) is 11.3 Å². The standard InChI is InChI=1S/C18H22N2O4S/c1-3-23-17(22)18(8-4-5-9-18)20-15(21)11-13-12(2)24-16(19-13)14-7-6-10-25-14/h6-7,10H,3-5,8-9,11H2,1-2H3,(H,20,21). The Morgan fingerprint density at radius 1 is 1.40 bits per heavy atom. The summed E-state index contributed by atoms with van der Waals surface area (Å²) in [5.41, 5.74) is -0.292. The number of rotatable bonds is 6. The van der Waals surface area contributed by atoms with Crippen LogP contribution in [0.2, 0.25) is 0 Å². The Bertz CT molecular complexity index is 745. The van der Waals surface area contributed by atoms with Gasteiger partial charge in [-0.2, -0.15) is 0 Å². The first-order valence-electron chi connectivity index (χ1n) is 8.52. The van der Waals surface area contributed by atoms with Gasteiger partial charge in [0.1, 0.15) is 11.3 Å². The summed E-state index contributed by atoms with van der Waals surface area (Å²) in [6.07, 6.45) is 3.14. The number of carbonyl (C=O) groups excluding carboxylic acids is 2. The first-order valence-corrected chi connectivity index (χ1v) is 9.40. The van der Waals surface area contributed by atoms with Crippen molar-refractivity contribution >= 4 is 23.2 Å². The summed E-state index contributed by atoms with van der Waals surface area (Å²) in [5.74, 6) is 0.576. The molecule has 1 aliphatic rings. The van der Waals surface area contributed by atoms with Crippen LogP contribution in [0.5, 0.6) is 0 Å². The maximum absolute atomic E-state index is 12.5. The predicted octanol–water partition coefficient (Wildman–Crippen LogP) is 3.25. The van der Waals surface area contributed by atoms with E-state index in [0.717, 1.165) is 17.7 Å². The first kappa shape index (κ1) is 17.7. The molecule has 1 saturated carbocycles. The minimum atomic E-state index is -0.888. The quantitative estimate of drug-likeness (QED) is 0.798. The van der Waals surface area contributed by atoms with Crippen molar-refractivity contribution in [3.05, 3.63) is 29.0 Å². The van der Waals surface area contributed by atoms with Gasteiger partial charge < -0.3 is 14.5 Å². The third-order valence-electron chi connectivity index (χ3n) is 4.45. The number of amides is 1. The van der Waals surface area contributed by atoms with Crippen LogP contribution >= 0.6 is 11.3 Å². The van der Waals surface area contributed by atoms with Gasteiger partial charge in [0.15, 0.2) is 0 Å². The first-order chi connectivity index (χ1) is 12.0. The highest BCUT2D eigenvalue weighted by molar-refractivity contribution is 7.13. The molecule has 6 nitrogen and oxygen atoms in total. The molecule has 1 N–H and O–H groups in total. The Morgan fingerprint density at radius 3 is 2.80 bits per heavy atom. The normalized spacial score (nSPS) is 15.9. The number of aryl methyl sites for hydroxylation is 1. The lowest BCUT2D eigenvalue weighted by molar-refractivity contribution is -0.153. The minimum Gasteiger partial charge on any atom is -0.464 e. The topological polar surface area (TPSA) is 81.4 Å². The van der Waals surface area contributed by atoms with E-state index in [4.69, 9.17) is 9.15 Å². The lowest BCUT2D eigenvalue weighted by Crippen LogP contribution is -2.53. The number of hydrogen-bond acceptors (Lipinski definition) is 6. The summed E-state index contributed by atoms with van der Waals surface area (Å²) in [7, 11) is 0. The molecular weight excluding hydrogens is 340 g/mol. The van der Waals surface area contributed by atoms with Gasteiger partial charge in [0, 0.05) is 0 Å². The molecule has 2 aromatic rings. The molecule has 0 aliphatic heterocycles. The average Bonchev–Trinajstić information content (AvgIpc) is 3.30. The maximum Gasteiger partial charge on any atom is 0.331 e. The largest absolute Gasteiger partial charge is 0.464 e. The summed E-state index contributed by atoms with van der Waals surface area (Å²) >= 11 is 1.53. The van der Waals surface area contributed by atoms with Gasteiger partial charge in [0.2, 0.25) is 11.8 Å². The zero-order chi connectivity index (χ0) is 17.9. The zero-order valence-corrected chi connectivity index (χ0v) is 15.3. The average molecular weight is 362 g/mol. The number of ether oxygens (including phenoxy) is 1. The van der Waals surface area contributed by atoms with Crippen LogP contribution in [0.1, 0.15) is 44.1 Å². The molecule has 2 heterocycles. The SMILES string of the molecule is CCOC(=O)C1(NC(=O)Cc2nc(-c3cccs3)oc2C)CCCC1. The number of thiophene rings is 1. The Balaban J connectivity index is 1.71. The van der Waals surface area contributed by atoms with E-state index in [-0.39, 0.29) is 18.3 Å². The molecule has 3 rings (SSSR count). The highest BCUT2D eigenvalue weighted by Gasteiger charge is 2.43. The van der Waals surface area contributed by atoms with Crippen LogP contribution in [0, 0.1) is 6.92 Å². The molecule has 1 amide bonds. The van der Waals surface area contributed by atoms with E-state index in [0.29, 0.717) is 36.8 Å². The summed E-state index contributed by atoms with van der Waals surface area (Å²) < 4.78 is 10.8. The summed E-state index contributed by atoms with van der Waals surface area (Å²) in [6.45, 7) is 3.87. The van der Waals surface area contributed by atoms with Crippen molar-refractivity contribution in [2.45, 2.75) is 51.5 Å². The molecule has 134 valence electrons. The second kappa shape index (κ2) is 7.39. The van der Waals surface area contributed by atoms with Crippen molar-refractivity contribution in [2.24, 2.45) is 0 Å². The van der Waals surface area contributed by atoms with Gasteiger partial charge in [0.05, 0.1) is 23.6 Å². The van der Waals surface area contributed by atoms with Crippen molar-refractivity contribution < 1.29 is 18.7 Å². The molecule has 0 bridgehead atoms. The van der Waals surface area contributed by atoms with Crippen LogP contribution in [-0.2, 0) is 20.7 Å². The number of oxazole rings is 1. The third kappa shape index (κ3) is 3.76. The molecule has 0 radical (unpaired) electrons. The second-order valence-corrected chi connectivity index (χ2v) is 7.18. The highest BCUT2D eigenvalue weighted by atomic mass is 32.1. The molecule has 7 heteroatoms. The van der Waals surface area contributed by atoms with Crippen LogP contribution in [0.25, 0.3) is 10.8 Å². The van der Waals surface area contributed by atoms with Crippen LogP contribution < -0.4 is 5.32 Å². The Kier molecular flexibility index (Phi) is 5.22. The lowest BCUT2D eigenvalue weighted by atomic mass is 9.97.